The summed E-state index contributed by atoms with van der Waals surface area (Å²) in [4.78, 5) is 21.2. The molecule has 0 fully saturated rings. The molecule has 1 aromatic carbocycles. The summed E-state index contributed by atoms with van der Waals surface area (Å²) >= 11 is 0. The van der Waals surface area contributed by atoms with Crippen LogP contribution >= 0.6 is 0 Å². The second-order valence-corrected chi connectivity index (χ2v) is 3.67. The summed E-state index contributed by atoms with van der Waals surface area (Å²) in [5, 5.41) is 25.6. The minimum atomic E-state index is -1.11. The molecule has 6 nitrogen and oxygen atoms in total. The first kappa shape index (κ1) is 16.1. The molecular weight excluding hydrogens is 238 g/mol. The van der Waals surface area contributed by atoms with E-state index in [1.807, 2.05) is 0 Å². The lowest BCUT2D eigenvalue weighted by Gasteiger charge is -2.03. The summed E-state index contributed by atoms with van der Waals surface area (Å²) in [5.41, 5.74) is 5.26. The topological polar surface area (TPSA) is 121 Å². The molecule has 0 saturated carbocycles. The zero-order valence-electron chi connectivity index (χ0n) is 10.3. The Bertz CT molecular complexity index is 396. The van der Waals surface area contributed by atoms with Crippen molar-refractivity contribution in [2.45, 2.75) is 20.0 Å². The second-order valence-electron chi connectivity index (χ2n) is 3.67. The van der Waals surface area contributed by atoms with E-state index in [0.717, 1.165) is 0 Å². The molecule has 1 rings (SSSR count). The largest absolute Gasteiger partial charge is 0.478 e. The average Bonchev–Trinajstić information content (AvgIpc) is 2.29. The third-order valence-electron chi connectivity index (χ3n) is 2.14. The van der Waals surface area contributed by atoms with Crippen LogP contribution in [0.4, 0.5) is 0 Å². The van der Waals surface area contributed by atoms with Crippen LogP contribution in [-0.2, 0) is 0 Å². The lowest BCUT2D eigenvalue weighted by atomic mass is 10.0. The van der Waals surface area contributed by atoms with E-state index < -0.39 is 11.9 Å². The molecule has 0 saturated heterocycles. The summed E-state index contributed by atoms with van der Waals surface area (Å²) < 4.78 is 0. The fraction of sp³-hybridized carbons (Fsp3) is 0.333. The van der Waals surface area contributed by atoms with Crippen molar-refractivity contribution in [3.8, 4) is 0 Å². The monoisotopic (exact) mass is 255 g/mol. The van der Waals surface area contributed by atoms with Crippen LogP contribution in [0, 0.1) is 6.92 Å². The van der Waals surface area contributed by atoms with Crippen LogP contribution in [0.2, 0.25) is 0 Å². The Morgan fingerprint density at radius 1 is 1.22 bits per heavy atom. The van der Waals surface area contributed by atoms with Gasteiger partial charge in [0.05, 0.1) is 17.2 Å². The fourth-order valence-corrected chi connectivity index (χ4v) is 1.10. The lowest BCUT2D eigenvalue weighted by molar-refractivity contribution is 0.0696. The highest BCUT2D eigenvalue weighted by Crippen LogP contribution is 2.13. The zero-order chi connectivity index (χ0) is 14.3. The molecule has 0 spiro atoms. The van der Waals surface area contributed by atoms with Crippen molar-refractivity contribution in [1.82, 2.24) is 0 Å². The van der Waals surface area contributed by atoms with E-state index in [1.165, 1.54) is 25.1 Å². The summed E-state index contributed by atoms with van der Waals surface area (Å²) in [6.07, 6.45) is -0.338. The number of carboxylic acid groups (broad SMARTS) is 2. The van der Waals surface area contributed by atoms with E-state index in [-0.39, 0.29) is 22.8 Å². The SMILES string of the molecule is CC(O)CN.Cc1c(C(=O)O)cccc1C(=O)O. The first-order chi connectivity index (χ1) is 8.31. The lowest BCUT2D eigenvalue weighted by Crippen LogP contribution is -2.14. The van der Waals surface area contributed by atoms with Crippen LogP contribution in [0.15, 0.2) is 18.2 Å². The van der Waals surface area contributed by atoms with Gasteiger partial charge in [-0.25, -0.2) is 9.59 Å². The van der Waals surface area contributed by atoms with E-state index in [4.69, 9.17) is 21.1 Å². The number of nitrogens with two attached hydrogens (primary N) is 1. The Morgan fingerprint density at radius 3 is 1.78 bits per heavy atom. The molecule has 0 aliphatic rings. The zero-order valence-corrected chi connectivity index (χ0v) is 10.3. The number of benzene rings is 1. The molecule has 6 heteroatoms. The van der Waals surface area contributed by atoms with Gasteiger partial charge in [-0.15, -0.1) is 0 Å². The van der Waals surface area contributed by atoms with Gasteiger partial charge in [-0.2, -0.15) is 0 Å². The molecule has 0 aliphatic heterocycles. The number of aliphatic hydroxyl groups excluding tert-OH is 1. The standard InChI is InChI=1S/C9H8O4.C3H9NO/c1-5-6(8(10)11)3-2-4-7(5)9(12)13;1-3(5)2-4/h2-4H,1H3,(H,10,11)(H,12,13);3,5H,2,4H2,1H3. The Morgan fingerprint density at radius 2 is 1.56 bits per heavy atom. The number of aliphatic hydroxyl groups is 1. The molecule has 0 radical (unpaired) electrons. The Hall–Kier alpha value is -1.92. The highest BCUT2D eigenvalue weighted by molar-refractivity contribution is 5.96. The molecule has 100 valence electrons. The van der Waals surface area contributed by atoms with Crippen molar-refractivity contribution < 1.29 is 24.9 Å². The fourth-order valence-electron chi connectivity index (χ4n) is 1.10. The first-order valence-corrected chi connectivity index (χ1v) is 5.25. The van der Waals surface area contributed by atoms with Crippen molar-refractivity contribution in [2.24, 2.45) is 5.73 Å². The Kier molecular flexibility index (Phi) is 6.62. The van der Waals surface area contributed by atoms with Crippen LogP contribution in [0.1, 0.15) is 33.2 Å². The van der Waals surface area contributed by atoms with E-state index in [9.17, 15) is 9.59 Å². The number of carbonyl (C=O) groups is 2. The van der Waals surface area contributed by atoms with Crippen LogP contribution in [-0.4, -0.2) is 39.9 Å². The van der Waals surface area contributed by atoms with Gasteiger partial charge < -0.3 is 21.1 Å². The van der Waals surface area contributed by atoms with Crippen molar-refractivity contribution in [3.63, 3.8) is 0 Å². The van der Waals surface area contributed by atoms with Crippen LogP contribution in [0.3, 0.4) is 0 Å². The maximum Gasteiger partial charge on any atom is 0.335 e. The van der Waals surface area contributed by atoms with Crippen molar-refractivity contribution in [1.29, 1.82) is 0 Å². The van der Waals surface area contributed by atoms with Gasteiger partial charge in [0.15, 0.2) is 0 Å². The minimum Gasteiger partial charge on any atom is -0.478 e. The normalized spacial score (nSPS) is 11.1. The van der Waals surface area contributed by atoms with E-state index in [0.29, 0.717) is 6.54 Å². The van der Waals surface area contributed by atoms with Gasteiger partial charge >= 0.3 is 11.9 Å². The third kappa shape index (κ3) is 4.94. The highest BCUT2D eigenvalue weighted by Gasteiger charge is 2.13. The van der Waals surface area contributed by atoms with Gasteiger partial charge in [-0.1, -0.05) is 6.07 Å². The van der Waals surface area contributed by atoms with Crippen molar-refractivity contribution in [2.75, 3.05) is 6.54 Å². The summed E-state index contributed by atoms with van der Waals surface area (Å²) in [7, 11) is 0. The quantitative estimate of drug-likeness (QED) is 0.631. The smallest absolute Gasteiger partial charge is 0.335 e. The molecule has 1 unspecified atom stereocenters. The number of hydrogen-bond acceptors (Lipinski definition) is 4. The summed E-state index contributed by atoms with van der Waals surface area (Å²) in [6, 6.07) is 4.17. The van der Waals surface area contributed by atoms with Gasteiger partial charge in [0.25, 0.3) is 0 Å². The molecule has 5 N–H and O–H groups in total. The Labute approximate surface area is 105 Å². The molecule has 0 bridgehead atoms. The summed E-state index contributed by atoms with van der Waals surface area (Å²) in [5.74, 6) is -2.22. The number of hydrogen-bond donors (Lipinski definition) is 4. The number of rotatable bonds is 3. The minimum absolute atomic E-state index is 0.0277. The van der Waals surface area contributed by atoms with Crippen LogP contribution in [0.5, 0.6) is 0 Å². The predicted molar refractivity (Wildman–Crippen MR) is 65.8 cm³/mol. The van der Waals surface area contributed by atoms with E-state index in [1.54, 1.807) is 6.92 Å². The van der Waals surface area contributed by atoms with Crippen LogP contribution in [0.25, 0.3) is 0 Å². The van der Waals surface area contributed by atoms with E-state index in [2.05, 4.69) is 0 Å². The van der Waals surface area contributed by atoms with Crippen LogP contribution < -0.4 is 5.73 Å². The molecule has 0 aliphatic carbocycles. The highest BCUT2D eigenvalue weighted by atomic mass is 16.4. The van der Waals surface area contributed by atoms with Gasteiger partial charge in [0.2, 0.25) is 0 Å². The maximum atomic E-state index is 10.6. The van der Waals surface area contributed by atoms with Gasteiger partial charge in [-0.3, -0.25) is 0 Å². The average molecular weight is 255 g/mol. The second kappa shape index (κ2) is 7.41. The number of carboxylic acids is 2. The van der Waals surface area contributed by atoms with E-state index >= 15 is 0 Å². The molecule has 0 amide bonds. The summed E-state index contributed by atoms with van der Waals surface area (Å²) in [6.45, 7) is 3.49. The van der Waals surface area contributed by atoms with Gasteiger partial charge in [0.1, 0.15) is 0 Å². The first-order valence-electron chi connectivity index (χ1n) is 5.25. The Balaban J connectivity index is 0.000000494. The number of aromatic carboxylic acids is 2. The third-order valence-corrected chi connectivity index (χ3v) is 2.14. The molecule has 1 aromatic rings. The molecule has 1 atom stereocenters. The van der Waals surface area contributed by atoms with Crippen molar-refractivity contribution >= 4 is 11.9 Å². The van der Waals surface area contributed by atoms with Gasteiger partial charge in [-0.05, 0) is 31.5 Å². The molecule has 0 heterocycles. The molecule has 0 aromatic heterocycles. The molecule has 18 heavy (non-hydrogen) atoms. The predicted octanol–water partition coefficient (Wildman–Crippen LogP) is 0.717. The van der Waals surface area contributed by atoms with Gasteiger partial charge in [0, 0.05) is 6.54 Å². The van der Waals surface area contributed by atoms with Crippen molar-refractivity contribution in [3.05, 3.63) is 34.9 Å². The maximum absolute atomic E-state index is 10.6. The molecular formula is C12H17NO5.